The van der Waals surface area contributed by atoms with E-state index in [-0.39, 0.29) is 0 Å². The van der Waals surface area contributed by atoms with Crippen molar-refractivity contribution in [3.8, 4) is 0 Å². The van der Waals surface area contributed by atoms with Crippen molar-refractivity contribution in [2.24, 2.45) is 0 Å². The summed E-state index contributed by atoms with van der Waals surface area (Å²) in [6, 6.07) is 3.79. The van der Waals surface area contributed by atoms with Gasteiger partial charge in [0.1, 0.15) is 0 Å². The van der Waals surface area contributed by atoms with Crippen molar-refractivity contribution >= 4 is 12.2 Å². The van der Waals surface area contributed by atoms with E-state index < -0.39 is 0 Å². The lowest BCUT2D eigenvalue weighted by molar-refractivity contribution is 0.742. The largest absolute Gasteiger partial charge is 0.335 e. The fourth-order valence-corrected chi connectivity index (χ4v) is 1.55. The smallest absolute Gasteiger partial charge is 0.177 e. The fourth-order valence-electron chi connectivity index (χ4n) is 1.27. The Balaban J connectivity index is 2.28. The molecule has 0 unspecified atom stereocenters. The molecule has 0 atom stereocenters. The highest BCUT2D eigenvalue weighted by atomic mass is 32.1. The predicted molar refractivity (Wildman–Crippen MR) is 55.5 cm³/mol. The molecule has 14 heavy (non-hydrogen) atoms. The Bertz CT molecular complexity index is 471. The molecule has 0 bridgehead atoms. The van der Waals surface area contributed by atoms with Crippen molar-refractivity contribution in [2.45, 2.75) is 13.5 Å². The van der Waals surface area contributed by atoms with E-state index in [0.29, 0.717) is 11.3 Å². The van der Waals surface area contributed by atoms with Crippen molar-refractivity contribution < 1.29 is 0 Å². The van der Waals surface area contributed by atoms with Gasteiger partial charge in [-0.15, -0.1) is 0 Å². The topological polar surface area (TPSA) is 46.5 Å². The lowest BCUT2D eigenvalue weighted by Gasteiger charge is -1.99. The number of aromatic amines is 1. The van der Waals surface area contributed by atoms with Gasteiger partial charge in [-0.05, 0) is 31.3 Å². The summed E-state index contributed by atoms with van der Waals surface area (Å²) in [5.74, 6) is 0. The molecule has 0 spiro atoms. The van der Waals surface area contributed by atoms with Gasteiger partial charge in [-0.25, -0.2) is 0 Å². The van der Waals surface area contributed by atoms with E-state index in [1.54, 1.807) is 6.20 Å². The zero-order valence-electron chi connectivity index (χ0n) is 7.77. The number of rotatable bonds is 2. The molecular formula is C9H10N4S. The van der Waals surface area contributed by atoms with Crippen LogP contribution in [0.25, 0.3) is 0 Å². The van der Waals surface area contributed by atoms with Crippen molar-refractivity contribution in [3.63, 3.8) is 0 Å². The molecule has 0 radical (unpaired) electrons. The second kappa shape index (κ2) is 3.71. The average Bonchev–Trinajstić information content (AvgIpc) is 2.47. The molecule has 2 heterocycles. The number of nitrogens with one attached hydrogen (secondary N) is 1. The zero-order valence-corrected chi connectivity index (χ0v) is 8.58. The molecule has 0 saturated heterocycles. The molecule has 2 rings (SSSR count). The molecule has 5 heteroatoms. The summed E-state index contributed by atoms with van der Waals surface area (Å²) in [6.45, 7) is 2.64. The first kappa shape index (κ1) is 9.08. The van der Waals surface area contributed by atoms with Crippen LogP contribution in [-0.4, -0.2) is 19.7 Å². The van der Waals surface area contributed by atoms with Crippen LogP contribution in [0.2, 0.25) is 0 Å². The standard InChI is InChI=1S/C9H10N4S/c1-7-5-13(9(14)11-7)6-8-3-2-4-10-12-8/h2-5H,6H2,1H3,(H,11,14). The normalized spacial score (nSPS) is 10.4. The van der Waals surface area contributed by atoms with Gasteiger partial charge >= 0.3 is 0 Å². The van der Waals surface area contributed by atoms with Crippen LogP contribution in [-0.2, 0) is 6.54 Å². The molecule has 2 aromatic heterocycles. The van der Waals surface area contributed by atoms with Crippen molar-refractivity contribution in [1.29, 1.82) is 0 Å². The molecule has 2 aromatic rings. The Morgan fingerprint density at radius 1 is 1.57 bits per heavy atom. The van der Waals surface area contributed by atoms with Gasteiger partial charge in [0.2, 0.25) is 0 Å². The molecular weight excluding hydrogens is 196 g/mol. The van der Waals surface area contributed by atoms with Crippen LogP contribution in [0.3, 0.4) is 0 Å². The summed E-state index contributed by atoms with van der Waals surface area (Å²) >= 11 is 5.13. The van der Waals surface area contributed by atoms with Gasteiger partial charge in [0.15, 0.2) is 4.77 Å². The van der Waals surface area contributed by atoms with Gasteiger partial charge < -0.3 is 9.55 Å². The van der Waals surface area contributed by atoms with E-state index in [1.807, 2.05) is 29.8 Å². The molecule has 0 aliphatic heterocycles. The molecule has 0 saturated carbocycles. The number of H-pyrrole nitrogens is 1. The Labute approximate surface area is 86.6 Å². The second-order valence-corrected chi connectivity index (χ2v) is 3.47. The minimum atomic E-state index is 0.664. The Kier molecular flexibility index (Phi) is 2.41. The summed E-state index contributed by atoms with van der Waals surface area (Å²) in [4.78, 5) is 3.06. The minimum Gasteiger partial charge on any atom is -0.335 e. The molecule has 0 aliphatic carbocycles. The number of hydrogen-bond acceptors (Lipinski definition) is 3. The highest BCUT2D eigenvalue weighted by Crippen LogP contribution is 2.01. The fraction of sp³-hybridized carbons (Fsp3) is 0.222. The Morgan fingerprint density at radius 3 is 3.00 bits per heavy atom. The van der Waals surface area contributed by atoms with Gasteiger partial charge in [0.05, 0.1) is 12.2 Å². The molecule has 0 amide bonds. The third-order valence-electron chi connectivity index (χ3n) is 1.87. The zero-order chi connectivity index (χ0) is 9.97. The summed E-state index contributed by atoms with van der Waals surface area (Å²) < 4.78 is 2.66. The van der Waals surface area contributed by atoms with Crippen molar-refractivity contribution in [3.05, 3.63) is 40.7 Å². The molecule has 1 N–H and O–H groups in total. The van der Waals surface area contributed by atoms with Gasteiger partial charge in [-0.2, -0.15) is 10.2 Å². The van der Waals surface area contributed by atoms with Crippen LogP contribution in [0.1, 0.15) is 11.4 Å². The van der Waals surface area contributed by atoms with Crippen LogP contribution in [0, 0.1) is 11.7 Å². The maximum absolute atomic E-state index is 5.13. The van der Waals surface area contributed by atoms with E-state index >= 15 is 0 Å². The maximum atomic E-state index is 5.13. The summed E-state index contributed by atoms with van der Waals surface area (Å²) in [6.07, 6.45) is 3.63. The highest BCUT2D eigenvalue weighted by Gasteiger charge is 1.98. The van der Waals surface area contributed by atoms with Gasteiger partial charge in [-0.3, -0.25) is 0 Å². The number of imidazole rings is 1. The Hall–Kier alpha value is -1.49. The molecule has 0 fully saturated rings. The first-order valence-electron chi connectivity index (χ1n) is 4.28. The van der Waals surface area contributed by atoms with Crippen LogP contribution in [0.5, 0.6) is 0 Å². The molecule has 4 nitrogen and oxygen atoms in total. The summed E-state index contributed by atoms with van der Waals surface area (Å²) in [5, 5.41) is 7.80. The van der Waals surface area contributed by atoms with Gasteiger partial charge in [0.25, 0.3) is 0 Å². The maximum Gasteiger partial charge on any atom is 0.177 e. The van der Waals surface area contributed by atoms with Crippen LogP contribution in [0.15, 0.2) is 24.5 Å². The summed E-state index contributed by atoms with van der Waals surface area (Å²) in [5.41, 5.74) is 1.96. The Morgan fingerprint density at radius 2 is 2.43 bits per heavy atom. The first-order valence-corrected chi connectivity index (χ1v) is 4.69. The van der Waals surface area contributed by atoms with Crippen LogP contribution in [0.4, 0.5) is 0 Å². The third-order valence-corrected chi connectivity index (χ3v) is 2.21. The SMILES string of the molecule is Cc1cn(Cc2cccnn2)c(=S)[nH]1. The molecule has 0 aromatic carbocycles. The molecule has 0 aliphatic rings. The number of nitrogens with zero attached hydrogens (tertiary/aromatic N) is 3. The van der Waals surface area contributed by atoms with E-state index in [0.717, 1.165) is 11.4 Å². The van der Waals surface area contributed by atoms with Gasteiger partial charge in [0, 0.05) is 18.1 Å². The minimum absolute atomic E-state index is 0.664. The lowest BCUT2D eigenvalue weighted by atomic mass is 10.4. The first-order chi connectivity index (χ1) is 6.75. The lowest BCUT2D eigenvalue weighted by Crippen LogP contribution is -2.01. The number of hydrogen-bond donors (Lipinski definition) is 1. The average molecular weight is 206 g/mol. The quantitative estimate of drug-likeness (QED) is 0.761. The monoisotopic (exact) mass is 206 g/mol. The summed E-state index contributed by atoms with van der Waals surface area (Å²) in [7, 11) is 0. The van der Waals surface area contributed by atoms with Gasteiger partial charge in [-0.1, -0.05) is 0 Å². The third kappa shape index (κ3) is 1.88. The van der Waals surface area contributed by atoms with Crippen molar-refractivity contribution in [2.75, 3.05) is 0 Å². The van der Waals surface area contributed by atoms with Crippen molar-refractivity contribution in [1.82, 2.24) is 19.7 Å². The molecule has 72 valence electrons. The predicted octanol–water partition coefficient (Wildman–Crippen LogP) is 1.69. The van der Waals surface area contributed by atoms with Crippen LogP contribution >= 0.6 is 12.2 Å². The second-order valence-electron chi connectivity index (χ2n) is 3.09. The van der Waals surface area contributed by atoms with E-state index in [9.17, 15) is 0 Å². The number of aryl methyl sites for hydroxylation is 1. The van der Waals surface area contributed by atoms with Crippen LogP contribution < -0.4 is 0 Å². The van der Waals surface area contributed by atoms with E-state index in [4.69, 9.17) is 12.2 Å². The highest BCUT2D eigenvalue weighted by molar-refractivity contribution is 7.71. The van der Waals surface area contributed by atoms with E-state index in [1.165, 1.54) is 0 Å². The number of aromatic nitrogens is 4. The van der Waals surface area contributed by atoms with E-state index in [2.05, 4.69) is 15.2 Å².